The first-order chi connectivity index (χ1) is 8.85. The van der Waals surface area contributed by atoms with Gasteiger partial charge in [0, 0.05) is 5.54 Å². The molecule has 19 heavy (non-hydrogen) atoms. The Morgan fingerprint density at radius 1 is 1.47 bits per heavy atom. The maximum Gasteiger partial charge on any atom is 0.258 e. The Bertz CT molecular complexity index is 477. The molecule has 0 spiro atoms. The predicted octanol–water partition coefficient (Wildman–Crippen LogP) is 1.96. The molecule has 2 rings (SSSR count). The minimum atomic E-state index is -0.353. The van der Waals surface area contributed by atoms with Gasteiger partial charge in [0.2, 0.25) is 0 Å². The number of carbonyl (C=O) groups is 1. The van der Waals surface area contributed by atoms with Crippen LogP contribution in [0.2, 0.25) is 0 Å². The Labute approximate surface area is 113 Å². The molecule has 1 aliphatic carbocycles. The molecule has 0 bridgehead atoms. The van der Waals surface area contributed by atoms with Gasteiger partial charge in [0.25, 0.3) is 5.91 Å². The molecule has 104 valence electrons. The van der Waals surface area contributed by atoms with Crippen LogP contribution in [0.1, 0.15) is 44.4 Å². The van der Waals surface area contributed by atoms with Crippen LogP contribution in [-0.2, 0) is 11.2 Å². The van der Waals surface area contributed by atoms with Gasteiger partial charge >= 0.3 is 0 Å². The molecule has 0 aliphatic heterocycles. The summed E-state index contributed by atoms with van der Waals surface area (Å²) in [6, 6.07) is 5.59. The number of fused-ring (bicyclic) bond motifs is 1. The number of amides is 1. The van der Waals surface area contributed by atoms with E-state index in [1.807, 2.05) is 32.9 Å². The van der Waals surface area contributed by atoms with Crippen molar-refractivity contribution in [1.29, 1.82) is 0 Å². The Kier molecular flexibility index (Phi) is 3.80. The number of aryl methyl sites for hydroxylation is 1. The highest BCUT2D eigenvalue weighted by molar-refractivity contribution is 5.78. The van der Waals surface area contributed by atoms with E-state index in [0.29, 0.717) is 5.75 Å². The molecule has 1 aliphatic rings. The summed E-state index contributed by atoms with van der Waals surface area (Å²) < 4.78 is 5.48. The van der Waals surface area contributed by atoms with E-state index >= 15 is 0 Å². The lowest BCUT2D eigenvalue weighted by Gasteiger charge is -2.20. The zero-order chi connectivity index (χ0) is 14.0. The predicted molar refractivity (Wildman–Crippen MR) is 73.1 cm³/mol. The lowest BCUT2D eigenvalue weighted by molar-refractivity contribution is -0.124. The van der Waals surface area contributed by atoms with E-state index in [1.165, 1.54) is 0 Å². The quantitative estimate of drug-likeness (QED) is 0.876. The molecule has 0 saturated carbocycles. The van der Waals surface area contributed by atoms with E-state index in [0.717, 1.165) is 24.0 Å². The van der Waals surface area contributed by atoms with Gasteiger partial charge in [0.15, 0.2) is 6.61 Å². The van der Waals surface area contributed by atoms with Gasteiger partial charge in [-0.05, 0) is 56.9 Å². The van der Waals surface area contributed by atoms with Gasteiger partial charge in [-0.1, -0.05) is 6.07 Å². The van der Waals surface area contributed by atoms with Gasteiger partial charge in [0.05, 0.1) is 6.10 Å². The van der Waals surface area contributed by atoms with Crippen LogP contribution in [0.4, 0.5) is 0 Å². The van der Waals surface area contributed by atoms with Crippen molar-refractivity contribution in [3.63, 3.8) is 0 Å². The number of benzene rings is 1. The van der Waals surface area contributed by atoms with Crippen molar-refractivity contribution < 1.29 is 14.6 Å². The Morgan fingerprint density at radius 2 is 2.21 bits per heavy atom. The maximum absolute atomic E-state index is 11.6. The number of carbonyl (C=O) groups excluding carboxylic acids is 1. The lowest BCUT2D eigenvalue weighted by atomic mass is 10.1. The van der Waals surface area contributed by atoms with Crippen molar-refractivity contribution in [2.75, 3.05) is 6.61 Å². The topological polar surface area (TPSA) is 58.6 Å². The number of hydrogen-bond acceptors (Lipinski definition) is 3. The monoisotopic (exact) mass is 263 g/mol. The summed E-state index contributed by atoms with van der Waals surface area (Å²) in [6.45, 7) is 5.81. The van der Waals surface area contributed by atoms with E-state index in [1.54, 1.807) is 6.07 Å². The summed E-state index contributed by atoms with van der Waals surface area (Å²) >= 11 is 0. The standard InChI is InChI=1S/C15H21NO3/c1-15(2,3)16-14(18)9-19-11-5-6-12-10(8-11)4-7-13(12)17/h5-6,8,13,17H,4,7,9H2,1-3H3,(H,16,18)/t13-/m0/s1. The number of hydrogen-bond donors (Lipinski definition) is 2. The average molecular weight is 263 g/mol. The van der Waals surface area contributed by atoms with Crippen molar-refractivity contribution in [2.45, 2.75) is 45.3 Å². The molecule has 1 amide bonds. The Morgan fingerprint density at radius 3 is 2.89 bits per heavy atom. The number of nitrogens with one attached hydrogen (secondary N) is 1. The van der Waals surface area contributed by atoms with Crippen LogP contribution < -0.4 is 10.1 Å². The second-order valence-corrected chi connectivity index (χ2v) is 6.00. The average Bonchev–Trinajstić information content (AvgIpc) is 2.66. The lowest BCUT2D eigenvalue weighted by Crippen LogP contribution is -2.43. The van der Waals surface area contributed by atoms with Crippen molar-refractivity contribution in [1.82, 2.24) is 5.32 Å². The molecular formula is C15H21NO3. The summed E-state index contributed by atoms with van der Waals surface area (Å²) in [6.07, 6.45) is 1.28. The van der Waals surface area contributed by atoms with Crippen LogP contribution >= 0.6 is 0 Å². The van der Waals surface area contributed by atoms with Crippen LogP contribution in [0.3, 0.4) is 0 Å². The zero-order valence-electron chi connectivity index (χ0n) is 11.7. The van der Waals surface area contributed by atoms with E-state index in [4.69, 9.17) is 4.74 Å². The fourth-order valence-electron chi connectivity index (χ4n) is 2.26. The van der Waals surface area contributed by atoms with Crippen molar-refractivity contribution in [3.05, 3.63) is 29.3 Å². The molecule has 0 heterocycles. The molecule has 0 aromatic heterocycles. The van der Waals surface area contributed by atoms with Crippen LogP contribution in [0.25, 0.3) is 0 Å². The van der Waals surface area contributed by atoms with Crippen LogP contribution in [-0.4, -0.2) is 23.2 Å². The smallest absolute Gasteiger partial charge is 0.258 e. The first-order valence-corrected chi connectivity index (χ1v) is 6.60. The van der Waals surface area contributed by atoms with E-state index in [-0.39, 0.29) is 24.2 Å². The van der Waals surface area contributed by atoms with E-state index in [9.17, 15) is 9.90 Å². The Balaban J connectivity index is 1.92. The third kappa shape index (κ3) is 3.70. The number of aliphatic hydroxyl groups excluding tert-OH is 1. The van der Waals surface area contributed by atoms with Crippen molar-refractivity contribution in [2.24, 2.45) is 0 Å². The molecule has 2 N–H and O–H groups in total. The maximum atomic E-state index is 11.6. The highest BCUT2D eigenvalue weighted by Gasteiger charge is 2.20. The molecule has 4 nitrogen and oxygen atoms in total. The molecule has 0 radical (unpaired) electrons. The Hall–Kier alpha value is -1.55. The minimum Gasteiger partial charge on any atom is -0.484 e. The normalized spacial score (nSPS) is 18.0. The summed E-state index contributed by atoms with van der Waals surface area (Å²) in [4.78, 5) is 11.6. The minimum absolute atomic E-state index is 0.0125. The van der Waals surface area contributed by atoms with Crippen molar-refractivity contribution >= 4 is 5.91 Å². The van der Waals surface area contributed by atoms with Crippen LogP contribution in [0.15, 0.2) is 18.2 Å². The molecule has 1 aromatic carbocycles. The van der Waals surface area contributed by atoms with Gasteiger partial charge in [-0.25, -0.2) is 0 Å². The SMILES string of the molecule is CC(C)(C)NC(=O)COc1ccc2c(c1)CC[C@@H]2O. The summed E-state index contributed by atoms with van der Waals surface area (Å²) in [5.41, 5.74) is 1.84. The number of rotatable bonds is 3. The van der Waals surface area contributed by atoms with E-state index < -0.39 is 0 Å². The van der Waals surface area contributed by atoms with Crippen LogP contribution in [0, 0.1) is 0 Å². The molecule has 4 heteroatoms. The molecule has 0 unspecified atom stereocenters. The molecule has 1 aromatic rings. The van der Waals surface area contributed by atoms with Gasteiger partial charge in [-0.3, -0.25) is 4.79 Å². The molecule has 0 saturated heterocycles. The molecule has 0 fully saturated rings. The first-order valence-electron chi connectivity index (χ1n) is 6.60. The third-order valence-electron chi connectivity index (χ3n) is 3.04. The molecular weight excluding hydrogens is 242 g/mol. The van der Waals surface area contributed by atoms with Crippen molar-refractivity contribution in [3.8, 4) is 5.75 Å². The second kappa shape index (κ2) is 5.21. The summed E-state index contributed by atoms with van der Waals surface area (Å²) in [5.74, 6) is 0.546. The largest absolute Gasteiger partial charge is 0.484 e. The van der Waals surface area contributed by atoms with Gasteiger partial charge < -0.3 is 15.2 Å². The second-order valence-electron chi connectivity index (χ2n) is 6.00. The number of aliphatic hydroxyl groups is 1. The van der Waals surface area contributed by atoms with Gasteiger partial charge in [-0.2, -0.15) is 0 Å². The van der Waals surface area contributed by atoms with Gasteiger partial charge in [0.1, 0.15) is 5.75 Å². The highest BCUT2D eigenvalue weighted by Crippen LogP contribution is 2.33. The zero-order valence-corrected chi connectivity index (χ0v) is 11.7. The van der Waals surface area contributed by atoms with E-state index in [2.05, 4.69) is 5.32 Å². The summed E-state index contributed by atoms with van der Waals surface area (Å²) in [7, 11) is 0. The van der Waals surface area contributed by atoms with Crippen LogP contribution in [0.5, 0.6) is 5.75 Å². The molecule has 1 atom stereocenters. The highest BCUT2D eigenvalue weighted by atomic mass is 16.5. The number of ether oxygens (including phenoxy) is 1. The fourth-order valence-corrected chi connectivity index (χ4v) is 2.26. The summed E-state index contributed by atoms with van der Waals surface area (Å²) in [5, 5.41) is 12.6. The third-order valence-corrected chi connectivity index (χ3v) is 3.04. The first kappa shape index (κ1) is 13.9. The fraction of sp³-hybridized carbons (Fsp3) is 0.533. The van der Waals surface area contributed by atoms with Gasteiger partial charge in [-0.15, -0.1) is 0 Å².